The molecule has 0 spiro atoms. The molecule has 2 unspecified atom stereocenters. The predicted molar refractivity (Wildman–Crippen MR) is 73.4 cm³/mol. The molecular formula is C14H19N3O3. The van der Waals surface area contributed by atoms with Gasteiger partial charge < -0.3 is 9.84 Å². The summed E-state index contributed by atoms with van der Waals surface area (Å²) in [5.74, 6) is -0.0849. The molecule has 6 heteroatoms. The number of carbonyl (C=O) groups excluding carboxylic acids is 1. The van der Waals surface area contributed by atoms with Crippen LogP contribution in [0.3, 0.4) is 0 Å². The molecule has 2 atom stereocenters. The fourth-order valence-electron chi connectivity index (χ4n) is 2.39. The molecule has 0 bridgehead atoms. The van der Waals surface area contributed by atoms with E-state index in [1.165, 1.54) is 0 Å². The molecule has 0 aromatic heterocycles. The van der Waals surface area contributed by atoms with E-state index in [0.717, 1.165) is 5.56 Å². The van der Waals surface area contributed by atoms with Gasteiger partial charge in [-0.2, -0.15) is 5.11 Å². The molecule has 1 aromatic rings. The van der Waals surface area contributed by atoms with Crippen molar-refractivity contribution in [3.63, 3.8) is 0 Å². The first-order valence-electron chi connectivity index (χ1n) is 6.66. The largest absolute Gasteiger partial charge is 0.508 e. The Morgan fingerprint density at radius 1 is 1.50 bits per heavy atom. The highest BCUT2D eigenvalue weighted by Crippen LogP contribution is 2.31. The molecule has 1 N–H and O–H groups in total. The monoisotopic (exact) mass is 277 g/mol. The first kappa shape index (κ1) is 14.3. The van der Waals surface area contributed by atoms with Crippen molar-refractivity contribution in [1.82, 2.24) is 5.01 Å². The quantitative estimate of drug-likeness (QED) is 0.836. The van der Waals surface area contributed by atoms with E-state index in [-0.39, 0.29) is 30.1 Å². The third kappa shape index (κ3) is 3.26. The molecule has 2 rings (SSSR count). The van der Waals surface area contributed by atoms with Gasteiger partial charge in [-0.15, -0.1) is 0 Å². The Morgan fingerprint density at radius 3 is 2.75 bits per heavy atom. The topological polar surface area (TPSA) is 74.5 Å². The zero-order valence-electron chi connectivity index (χ0n) is 11.7. The molecule has 0 radical (unpaired) electrons. The zero-order chi connectivity index (χ0) is 14.5. The molecule has 1 aliphatic heterocycles. The fraction of sp³-hybridized carbons (Fsp3) is 0.500. The molecule has 6 nitrogen and oxygen atoms in total. The van der Waals surface area contributed by atoms with Crippen LogP contribution >= 0.6 is 0 Å². The standard InChI is InChI=1S/C14H19N3O3/c1-3-20-14(19)8-12(13-9-15-16-17(13)2)10-4-6-11(18)7-5-10/h4-7,12-13,18H,3,8-9H2,1-2H3. The second kappa shape index (κ2) is 6.36. The summed E-state index contributed by atoms with van der Waals surface area (Å²) in [4.78, 5) is 11.8. The van der Waals surface area contributed by atoms with Crippen LogP contribution in [0.5, 0.6) is 5.75 Å². The predicted octanol–water partition coefficient (Wildman–Crippen LogP) is 2.11. The van der Waals surface area contributed by atoms with Crippen LogP contribution in [0.25, 0.3) is 0 Å². The van der Waals surface area contributed by atoms with E-state index >= 15 is 0 Å². The minimum atomic E-state index is -0.231. The number of likely N-dealkylation sites (N-methyl/N-ethyl adjacent to an activating group) is 1. The highest BCUT2D eigenvalue weighted by Gasteiger charge is 2.31. The molecule has 1 heterocycles. The van der Waals surface area contributed by atoms with E-state index in [4.69, 9.17) is 4.74 Å². The number of hydrogen-bond acceptors (Lipinski definition) is 6. The van der Waals surface area contributed by atoms with Crippen molar-refractivity contribution in [2.75, 3.05) is 20.2 Å². The highest BCUT2D eigenvalue weighted by atomic mass is 16.5. The van der Waals surface area contributed by atoms with Crippen LogP contribution in [0.2, 0.25) is 0 Å². The van der Waals surface area contributed by atoms with Crippen molar-refractivity contribution >= 4 is 5.97 Å². The number of phenols is 1. The van der Waals surface area contributed by atoms with Gasteiger partial charge in [0.15, 0.2) is 0 Å². The minimum absolute atomic E-state index is 0.0314. The number of rotatable bonds is 5. The SMILES string of the molecule is CCOC(=O)CC(c1ccc(O)cc1)C1CN=NN1C. The summed E-state index contributed by atoms with van der Waals surface area (Å²) in [6, 6.07) is 6.92. The Kier molecular flexibility index (Phi) is 4.55. The van der Waals surface area contributed by atoms with Crippen molar-refractivity contribution in [2.45, 2.75) is 25.3 Å². The first-order valence-corrected chi connectivity index (χ1v) is 6.66. The van der Waals surface area contributed by atoms with E-state index in [1.54, 1.807) is 24.1 Å². The van der Waals surface area contributed by atoms with E-state index in [1.807, 2.05) is 19.2 Å². The number of carbonyl (C=O) groups is 1. The van der Waals surface area contributed by atoms with Crippen molar-refractivity contribution < 1.29 is 14.6 Å². The van der Waals surface area contributed by atoms with Gasteiger partial charge >= 0.3 is 5.97 Å². The molecule has 0 saturated carbocycles. The van der Waals surface area contributed by atoms with Crippen LogP contribution in [0.4, 0.5) is 0 Å². The van der Waals surface area contributed by atoms with Crippen molar-refractivity contribution in [1.29, 1.82) is 0 Å². The lowest BCUT2D eigenvalue weighted by Gasteiger charge is -2.26. The molecule has 0 aliphatic carbocycles. The van der Waals surface area contributed by atoms with E-state index < -0.39 is 0 Å². The van der Waals surface area contributed by atoms with E-state index in [9.17, 15) is 9.90 Å². The third-order valence-electron chi connectivity index (χ3n) is 3.43. The maximum atomic E-state index is 11.8. The van der Waals surface area contributed by atoms with Gasteiger partial charge in [0, 0.05) is 13.0 Å². The molecule has 20 heavy (non-hydrogen) atoms. The summed E-state index contributed by atoms with van der Waals surface area (Å²) in [6.45, 7) is 2.72. The summed E-state index contributed by atoms with van der Waals surface area (Å²) >= 11 is 0. The fourth-order valence-corrected chi connectivity index (χ4v) is 2.39. The van der Waals surface area contributed by atoms with Gasteiger partial charge in [-0.05, 0) is 24.6 Å². The first-order chi connectivity index (χ1) is 9.61. The van der Waals surface area contributed by atoms with Crippen LogP contribution in [0, 0.1) is 0 Å². The minimum Gasteiger partial charge on any atom is -0.508 e. The Morgan fingerprint density at radius 2 is 2.20 bits per heavy atom. The number of aromatic hydroxyl groups is 1. The molecular weight excluding hydrogens is 258 g/mol. The molecule has 0 fully saturated rings. The van der Waals surface area contributed by atoms with Crippen LogP contribution in [-0.4, -0.2) is 42.3 Å². The van der Waals surface area contributed by atoms with Gasteiger partial charge in [-0.25, -0.2) is 0 Å². The Hall–Kier alpha value is -2.11. The molecule has 0 saturated heterocycles. The summed E-state index contributed by atoms with van der Waals surface area (Å²) in [6.07, 6.45) is 0.276. The maximum absolute atomic E-state index is 11.8. The number of phenolic OH excluding ortho intramolecular Hbond substituents is 1. The van der Waals surface area contributed by atoms with Gasteiger partial charge in [-0.1, -0.05) is 17.4 Å². The lowest BCUT2D eigenvalue weighted by Crippen LogP contribution is -2.33. The molecule has 1 aliphatic rings. The average Bonchev–Trinajstić information content (AvgIpc) is 2.84. The smallest absolute Gasteiger partial charge is 0.306 e. The molecule has 0 amide bonds. The Bertz CT molecular complexity index is 487. The molecule has 108 valence electrons. The number of esters is 1. The summed E-state index contributed by atoms with van der Waals surface area (Å²) < 4.78 is 5.04. The Labute approximate surface area is 118 Å². The number of nitrogens with zero attached hydrogens (tertiary/aromatic N) is 3. The lowest BCUT2D eigenvalue weighted by molar-refractivity contribution is -0.143. The highest BCUT2D eigenvalue weighted by molar-refractivity contribution is 5.70. The van der Waals surface area contributed by atoms with Gasteiger partial charge in [0.1, 0.15) is 5.75 Å². The zero-order valence-corrected chi connectivity index (χ0v) is 11.7. The van der Waals surface area contributed by atoms with Crippen molar-refractivity contribution in [3.8, 4) is 5.75 Å². The van der Waals surface area contributed by atoms with Gasteiger partial charge in [0.2, 0.25) is 0 Å². The van der Waals surface area contributed by atoms with Crippen LogP contribution in [0.15, 0.2) is 34.6 Å². The average molecular weight is 277 g/mol. The molecule has 1 aromatic carbocycles. The van der Waals surface area contributed by atoms with E-state index in [0.29, 0.717) is 13.2 Å². The van der Waals surface area contributed by atoms with Gasteiger partial charge in [0.25, 0.3) is 0 Å². The number of benzene rings is 1. The van der Waals surface area contributed by atoms with Crippen molar-refractivity contribution in [2.24, 2.45) is 10.3 Å². The van der Waals surface area contributed by atoms with E-state index in [2.05, 4.69) is 10.3 Å². The summed E-state index contributed by atoms with van der Waals surface area (Å²) in [5.41, 5.74) is 0.972. The van der Waals surface area contributed by atoms with Crippen LogP contribution in [0.1, 0.15) is 24.8 Å². The lowest BCUT2D eigenvalue weighted by atomic mass is 9.88. The van der Waals surface area contributed by atoms with Gasteiger partial charge in [-0.3, -0.25) is 9.80 Å². The third-order valence-corrected chi connectivity index (χ3v) is 3.43. The maximum Gasteiger partial charge on any atom is 0.306 e. The number of ether oxygens (including phenoxy) is 1. The Balaban J connectivity index is 2.19. The van der Waals surface area contributed by atoms with Crippen LogP contribution in [-0.2, 0) is 9.53 Å². The second-order valence-corrected chi connectivity index (χ2v) is 4.76. The number of hydrogen-bond donors (Lipinski definition) is 1. The summed E-state index contributed by atoms with van der Waals surface area (Å²) in [7, 11) is 1.85. The van der Waals surface area contributed by atoms with Crippen molar-refractivity contribution in [3.05, 3.63) is 29.8 Å². The second-order valence-electron chi connectivity index (χ2n) is 4.76. The van der Waals surface area contributed by atoms with Crippen LogP contribution < -0.4 is 0 Å². The summed E-state index contributed by atoms with van der Waals surface area (Å²) in [5, 5.41) is 19.2. The normalized spacial score (nSPS) is 19.1. The van der Waals surface area contributed by atoms with Gasteiger partial charge in [0.05, 0.1) is 25.6 Å².